The Morgan fingerprint density at radius 3 is 2.73 bits per heavy atom. The minimum Gasteiger partial charge on any atom is -0.467 e. The lowest BCUT2D eigenvalue weighted by atomic mass is 10.2. The number of rotatable bonds is 4. The van der Waals surface area contributed by atoms with Crippen molar-refractivity contribution < 1.29 is 9.21 Å². The van der Waals surface area contributed by atoms with Crippen LogP contribution in [0.5, 0.6) is 0 Å². The third-order valence-electron chi connectivity index (χ3n) is 4.82. The number of anilines is 1. The van der Waals surface area contributed by atoms with Gasteiger partial charge in [-0.15, -0.1) is 0 Å². The maximum absolute atomic E-state index is 12.5. The summed E-state index contributed by atoms with van der Waals surface area (Å²) in [6.45, 7) is 2.41. The van der Waals surface area contributed by atoms with Crippen LogP contribution in [0.25, 0.3) is 11.0 Å². The number of amides is 1. The van der Waals surface area contributed by atoms with Crippen LogP contribution in [0.3, 0.4) is 0 Å². The summed E-state index contributed by atoms with van der Waals surface area (Å²) in [6.07, 6.45) is 6.55. The molecule has 4 heterocycles. The van der Waals surface area contributed by atoms with E-state index in [0.29, 0.717) is 18.0 Å². The summed E-state index contributed by atoms with van der Waals surface area (Å²) in [5, 5.41) is 8.00. The fourth-order valence-electron chi connectivity index (χ4n) is 3.43. The number of carbonyl (C=O) groups is 1. The van der Waals surface area contributed by atoms with Crippen molar-refractivity contribution in [3.63, 3.8) is 0 Å². The van der Waals surface area contributed by atoms with Gasteiger partial charge in [0, 0.05) is 20.1 Å². The molecule has 1 fully saturated rings. The van der Waals surface area contributed by atoms with Crippen LogP contribution in [0, 0.1) is 0 Å². The topological polar surface area (TPSA) is 76.2 Å². The van der Waals surface area contributed by atoms with Crippen LogP contribution in [-0.4, -0.2) is 33.8 Å². The van der Waals surface area contributed by atoms with Gasteiger partial charge in [0.1, 0.15) is 11.6 Å². The van der Waals surface area contributed by atoms with E-state index in [4.69, 9.17) is 9.40 Å². The zero-order chi connectivity index (χ0) is 17.9. The van der Waals surface area contributed by atoms with Gasteiger partial charge in [0.25, 0.3) is 5.91 Å². The van der Waals surface area contributed by atoms with E-state index >= 15 is 0 Å². The van der Waals surface area contributed by atoms with Crippen molar-refractivity contribution >= 4 is 22.8 Å². The van der Waals surface area contributed by atoms with E-state index in [1.54, 1.807) is 17.0 Å². The Balaban J connectivity index is 1.57. The molecule has 0 saturated carbocycles. The van der Waals surface area contributed by atoms with Crippen molar-refractivity contribution in [1.29, 1.82) is 0 Å². The zero-order valence-electron chi connectivity index (χ0n) is 14.9. The largest absolute Gasteiger partial charge is 0.467 e. The Bertz CT molecular complexity index is 892. The molecule has 1 N–H and O–H groups in total. The third kappa shape index (κ3) is 3.29. The molecule has 0 aliphatic carbocycles. The summed E-state index contributed by atoms with van der Waals surface area (Å²) in [5.74, 6) is 1.45. The predicted molar refractivity (Wildman–Crippen MR) is 99.1 cm³/mol. The average molecular weight is 353 g/mol. The maximum Gasteiger partial charge on any atom is 0.272 e. The van der Waals surface area contributed by atoms with Crippen molar-refractivity contribution in [1.82, 2.24) is 20.1 Å². The van der Waals surface area contributed by atoms with Crippen molar-refractivity contribution in [3.8, 4) is 0 Å². The number of hydrogen-bond acceptors (Lipinski definition) is 5. The molecule has 1 saturated heterocycles. The van der Waals surface area contributed by atoms with Crippen molar-refractivity contribution in [2.45, 2.75) is 32.2 Å². The van der Waals surface area contributed by atoms with Crippen LogP contribution < -0.4 is 10.2 Å². The Kier molecular flexibility index (Phi) is 4.60. The van der Waals surface area contributed by atoms with Crippen molar-refractivity contribution in [3.05, 3.63) is 42.0 Å². The Hall–Kier alpha value is -2.83. The van der Waals surface area contributed by atoms with Gasteiger partial charge in [0.2, 0.25) is 0 Å². The fourth-order valence-corrected chi connectivity index (χ4v) is 3.43. The summed E-state index contributed by atoms with van der Waals surface area (Å²) < 4.78 is 6.93. The predicted octanol–water partition coefficient (Wildman–Crippen LogP) is 2.87. The maximum atomic E-state index is 12.5. The van der Waals surface area contributed by atoms with E-state index in [1.807, 2.05) is 25.2 Å². The minimum absolute atomic E-state index is 0.226. The van der Waals surface area contributed by atoms with Crippen molar-refractivity contribution in [2.24, 2.45) is 7.05 Å². The molecular weight excluding hydrogens is 330 g/mol. The van der Waals surface area contributed by atoms with E-state index in [0.717, 1.165) is 29.9 Å². The minimum atomic E-state index is -0.226. The molecule has 0 radical (unpaired) electrons. The lowest BCUT2D eigenvalue weighted by Crippen LogP contribution is -2.25. The normalized spacial score (nSPS) is 15.2. The van der Waals surface area contributed by atoms with Gasteiger partial charge in [-0.05, 0) is 37.1 Å². The standard InChI is InChI=1S/C19H23N5O2/c1-23-18-15(8-9-16(21-18)24-10-4-2-3-5-11-24)17(22-23)19(25)20-13-14-7-6-12-26-14/h6-9,12H,2-5,10-11,13H2,1H3,(H,20,25). The highest BCUT2D eigenvalue weighted by Gasteiger charge is 2.19. The van der Waals surface area contributed by atoms with E-state index in [9.17, 15) is 4.79 Å². The first-order chi connectivity index (χ1) is 12.7. The number of fused-ring (bicyclic) bond motifs is 1. The number of aryl methyl sites for hydroxylation is 1. The first-order valence-electron chi connectivity index (χ1n) is 9.11. The van der Waals surface area contributed by atoms with Crippen LogP contribution >= 0.6 is 0 Å². The number of carbonyl (C=O) groups excluding carboxylic acids is 1. The molecule has 1 amide bonds. The summed E-state index contributed by atoms with van der Waals surface area (Å²) >= 11 is 0. The molecular formula is C19H23N5O2. The highest BCUT2D eigenvalue weighted by atomic mass is 16.3. The second kappa shape index (κ2) is 7.19. The van der Waals surface area contributed by atoms with Gasteiger partial charge in [0.15, 0.2) is 11.3 Å². The van der Waals surface area contributed by atoms with E-state index in [-0.39, 0.29) is 5.91 Å². The molecule has 0 atom stereocenters. The Morgan fingerprint density at radius 1 is 1.19 bits per heavy atom. The summed E-state index contributed by atoms with van der Waals surface area (Å²) in [5.41, 5.74) is 1.12. The summed E-state index contributed by atoms with van der Waals surface area (Å²) in [4.78, 5) is 19.6. The first-order valence-corrected chi connectivity index (χ1v) is 9.11. The van der Waals surface area contributed by atoms with Gasteiger partial charge in [0.05, 0.1) is 18.2 Å². The van der Waals surface area contributed by atoms with Gasteiger partial charge >= 0.3 is 0 Å². The molecule has 1 aliphatic heterocycles. The van der Waals surface area contributed by atoms with Crippen LogP contribution in [0.4, 0.5) is 5.82 Å². The number of pyridine rings is 1. The van der Waals surface area contributed by atoms with E-state index < -0.39 is 0 Å². The van der Waals surface area contributed by atoms with Crippen LogP contribution in [0.15, 0.2) is 34.9 Å². The number of aromatic nitrogens is 3. The highest BCUT2D eigenvalue weighted by molar-refractivity contribution is 6.04. The van der Waals surface area contributed by atoms with E-state index in [1.165, 1.54) is 25.7 Å². The Morgan fingerprint density at radius 2 is 2.00 bits per heavy atom. The smallest absolute Gasteiger partial charge is 0.272 e. The monoisotopic (exact) mass is 353 g/mol. The second-order valence-corrected chi connectivity index (χ2v) is 6.68. The average Bonchev–Trinajstić information content (AvgIpc) is 3.19. The zero-order valence-corrected chi connectivity index (χ0v) is 14.9. The highest BCUT2D eigenvalue weighted by Crippen LogP contribution is 2.23. The quantitative estimate of drug-likeness (QED) is 0.780. The molecule has 4 rings (SSSR count). The molecule has 0 bridgehead atoms. The molecule has 26 heavy (non-hydrogen) atoms. The lowest BCUT2D eigenvalue weighted by Gasteiger charge is -2.21. The molecule has 3 aromatic heterocycles. The Labute approximate surface area is 152 Å². The van der Waals surface area contributed by atoms with Crippen LogP contribution in [0.1, 0.15) is 41.9 Å². The SMILES string of the molecule is Cn1nc(C(=O)NCc2ccco2)c2ccc(N3CCCCCC3)nc21. The fraction of sp³-hybridized carbons (Fsp3) is 0.421. The number of hydrogen-bond donors (Lipinski definition) is 1. The van der Waals surface area contributed by atoms with Crippen LogP contribution in [0.2, 0.25) is 0 Å². The van der Waals surface area contributed by atoms with Gasteiger partial charge < -0.3 is 14.6 Å². The number of nitrogens with zero attached hydrogens (tertiary/aromatic N) is 4. The molecule has 0 spiro atoms. The lowest BCUT2D eigenvalue weighted by molar-refractivity contribution is 0.0944. The third-order valence-corrected chi connectivity index (χ3v) is 4.82. The molecule has 136 valence electrons. The van der Waals surface area contributed by atoms with Gasteiger partial charge in [-0.25, -0.2) is 9.67 Å². The molecule has 0 aromatic carbocycles. The summed E-state index contributed by atoms with van der Waals surface area (Å²) in [7, 11) is 1.82. The van der Waals surface area contributed by atoms with Crippen molar-refractivity contribution in [2.75, 3.05) is 18.0 Å². The van der Waals surface area contributed by atoms with Gasteiger partial charge in [-0.2, -0.15) is 5.10 Å². The summed E-state index contributed by atoms with van der Waals surface area (Å²) in [6, 6.07) is 7.58. The molecule has 0 unspecified atom stereocenters. The molecule has 3 aromatic rings. The number of furan rings is 1. The molecule has 1 aliphatic rings. The second-order valence-electron chi connectivity index (χ2n) is 6.68. The van der Waals surface area contributed by atoms with Gasteiger partial charge in [-0.1, -0.05) is 12.8 Å². The first kappa shape index (κ1) is 16.6. The molecule has 7 heteroatoms. The number of nitrogens with one attached hydrogen (secondary N) is 1. The van der Waals surface area contributed by atoms with E-state index in [2.05, 4.69) is 15.3 Å². The van der Waals surface area contributed by atoms with Gasteiger partial charge in [-0.3, -0.25) is 4.79 Å². The van der Waals surface area contributed by atoms with Crippen LogP contribution in [-0.2, 0) is 13.6 Å². The molecule has 7 nitrogen and oxygen atoms in total.